The molecular weight excluding hydrogens is 339 g/mol. The molecule has 2 aliphatic rings. The fourth-order valence-corrected chi connectivity index (χ4v) is 3.60. The molecular formula is C19H25FN2O4. The van der Waals surface area contributed by atoms with E-state index in [1.165, 1.54) is 17.0 Å². The summed E-state index contributed by atoms with van der Waals surface area (Å²) in [4.78, 5) is 26.4. The third-order valence-electron chi connectivity index (χ3n) is 4.88. The van der Waals surface area contributed by atoms with Crippen LogP contribution in [0.15, 0.2) is 24.3 Å². The summed E-state index contributed by atoms with van der Waals surface area (Å²) >= 11 is 0. The summed E-state index contributed by atoms with van der Waals surface area (Å²) in [5.41, 5.74) is 0.488. The van der Waals surface area contributed by atoms with Crippen LogP contribution in [0.3, 0.4) is 0 Å². The van der Waals surface area contributed by atoms with Gasteiger partial charge in [-0.15, -0.1) is 0 Å². The molecule has 1 N–H and O–H groups in total. The van der Waals surface area contributed by atoms with Crippen molar-refractivity contribution in [2.75, 3.05) is 31.2 Å². The Balaban J connectivity index is 1.51. The van der Waals surface area contributed by atoms with Crippen LogP contribution < -0.4 is 10.2 Å². The van der Waals surface area contributed by atoms with Crippen LogP contribution in [0.4, 0.5) is 10.1 Å². The Kier molecular flexibility index (Phi) is 5.58. The van der Waals surface area contributed by atoms with Crippen LogP contribution in [-0.4, -0.2) is 43.9 Å². The molecule has 1 aromatic carbocycles. The first-order valence-corrected chi connectivity index (χ1v) is 9.00. The highest BCUT2D eigenvalue weighted by atomic mass is 19.1. The maximum atomic E-state index is 13.4. The number of hydrogen-bond acceptors (Lipinski definition) is 4. The van der Waals surface area contributed by atoms with E-state index in [1.807, 2.05) is 13.8 Å². The second kappa shape index (κ2) is 7.72. The Morgan fingerprint density at radius 1 is 1.42 bits per heavy atom. The minimum Gasteiger partial charge on any atom is -0.355 e. The molecule has 2 aliphatic heterocycles. The second-order valence-electron chi connectivity index (χ2n) is 7.20. The van der Waals surface area contributed by atoms with Crippen molar-refractivity contribution >= 4 is 17.5 Å². The number of carbonyl (C=O) groups excluding carboxylic acids is 2. The lowest BCUT2D eigenvalue weighted by Crippen LogP contribution is -2.40. The van der Waals surface area contributed by atoms with Gasteiger partial charge >= 0.3 is 0 Å². The van der Waals surface area contributed by atoms with Gasteiger partial charge < -0.3 is 19.7 Å². The van der Waals surface area contributed by atoms with Crippen molar-refractivity contribution in [2.45, 2.75) is 32.5 Å². The predicted molar refractivity (Wildman–Crippen MR) is 94.0 cm³/mol. The fraction of sp³-hybridized carbons (Fsp3) is 0.579. The first-order valence-electron chi connectivity index (χ1n) is 9.00. The number of nitrogens with one attached hydrogen (secondary N) is 1. The highest BCUT2D eigenvalue weighted by Gasteiger charge is 2.38. The van der Waals surface area contributed by atoms with E-state index in [4.69, 9.17) is 9.47 Å². The van der Waals surface area contributed by atoms with Gasteiger partial charge in [0, 0.05) is 25.2 Å². The number of nitrogens with zero attached hydrogens (tertiary/aromatic N) is 1. The fourth-order valence-electron chi connectivity index (χ4n) is 3.60. The molecule has 6 nitrogen and oxygen atoms in total. The molecule has 0 aromatic heterocycles. The Morgan fingerprint density at radius 3 is 2.85 bits per heavy atom. The van der Waals surface area contributed by atoms with Gasteiger partial charge in [0.05, 0.1) is 13.2 Å². The molecule has 2 amide bonds. The van der Waals surface area contributed by atoms with Crippen LogP contribution in [-0.2, 0) is 19.1 Å². The molecule has 7 heteroatoms. The molecule has 0 radical (unpaired) electrons. The zero-order chi connectivity index (χ0) is 18.7. The number of ether oxygens (including phenoxy) is 2. The predicted octanol–water partition coefficient (Wildman–Crippen LogP) is 2.08. The van der Waals surface area contributed by atoms with E-state index >= 15 is 0 Å². The molecule has 0 spiro atoms. The van der Waals surface area contributed by atoms with E-state index in [9.17, 15) is 14.0 Å². The number of benzene rings is 1. The molecule has 2 saturated heterocycles. The summed E-state index contributed by atoms with van der Waals surface area (Å²) in [5.74, 6) is -2.13. The van der Waals surface area contributed by atoms with E-state index in [-0.39, 0.29) is 17.7 Å². The quantitative estimate of drug-likeness (QED) is 0.785. The Labute approximate surface area is 152 Å². The average molecular weight is 364 g/mol. The largest absolute Gasteiger partial charge is 0.355 e. The van der Waals surface area contributed by atoms with Gasteiger partial charge in [-0.3, -0.25) is 9.59 Å². The van der Waals surface area contributed by atoms with Gasteiger partial charge in [-0.2, -0.15) is 0 Å². The van der Waals surface area contributed by atoms with Crippen molar-refractivity contribution in [1.82, 2.24) is 5.32 Å². The second-order valence-corrected chi connectivity index (χ2v) is 7.20. The van der Waals surface area contributed by atoms with Gasteiger partial charge in [0.15, 0.2) is 5.79 Å². The van der Waals surface area contributed by atoms with E-state index < -0.39 is 17.5 Å². The summed E-state index contributed by atoms with van der Waals surface area (Å²) < 4.78 is 24.5. The number of anilines is 1. The minimum atomic E-state index is -0.722. The Bertz CT molecular complexity index is 675. The molecule has 2 atom stereocenters. The summed E-state index contributed by atoms with van der Waals surface area (Å²) in [6.45, 7) is 5.94. The van der Waals surface area contributed by atoms with Gasteiger partial charge in [-0.1, -0.05) is 13.0 Å². The Hall–Kier alpha value is -1.99. The van der Waals surface area contributed by atoms with E-state index in [0.717, 1.165) is 0 Å². The molecule has 2 unspecified atom stereocenters. The number of carbonyl (C=O) groups is 2. The van der Waals surface area contributed by atoms with Crippen molar-refractivity contribution in [2.24, 2.45) is 11.8 Å². The average Bonchev–Trinajstić information content (AvgIpc) is 3.18. The Morgan fingerprint density at radius 2 is 2.15 bits per heavy atom. The van der Waals surface area contributed by atoms with Gasteiger partial charge in [0.25, 0.3) is 0 Å². The van der Waals surface area contributed by atoms with Gasteiger partial charge in [0.2, 0.25) is 11.8 Å². The van der Waals surface area contributed by atoms with Crippen molar-refractivity contribution in [3.05, 3.63) is 30.1 Å². The van der Waals surface area contributed by atoms with Gasteiger partial charge in [0.1, 0.15) is 11.7 Å². The highest BCUT2D eigenvalue weighted by Crippen LogP contribution is 2.27. The van der Waals surface area contributed by atoms with Crippen LogP contribution in [0.1, 0.15) is 26.7 Å². The number of amides is 2. The molecule has 0 saturated carbocycles. The molecule has 2 fully saturated rings. The third-order valence-corrected chi connectivity index (χ3v) is 4.88. The lowest BCUT2D eigenvalue weighted by atomic mass is 10.0. The molecule has 0 bridgehead atoms. The lowest BCUT2D eigenvalue weighted by molar-refractivity contribution is -0.154. The first kappa shape index (κ1) is 18.8. The van der Waals surface area contributed by atoms with E-state index in [0.29, 0.717) is 44.8 Å². The molecule has 0 aliphatic carbocycles. The summed E-state index contributed by atoms with van der Waals surface area (Å²) in [6, 6.07) is 5.86. The number of rotatable bonds is 6. The van der Waals surface area contributed by atoms with E-state index in [1.54, 1.807) is 12.1 Å². The normalized spacial score (nSPS) is 23.3. The van der Waals surface area contributed by atoms with Crippen LogP contribution in [0.25, 0.3) is 0 Å². The molecule has 1 aromatic rings. The smallest absolute Gasteiger partial charge is 0.239 e. The lowest BCUT2D eigenvalue weighted by Gasteiger charge is -2.26. The van der Waals surface area contributed by atoms with Crippen LogP contribution >= 0.6 is 0 Å². The van der Waals surface area contributed by atoms with Crippen molar-refractivity contribution < 1.29 is 23.5 Å². The zero-order valence-electron chi connectivity index (χ0n) is 15.2. The molecule has 142 valence electrons. The summed E-state index contributed by atoms with van der Waals surface area (Å²) in [5, 5.41) is 2.86. The van der Waals surface area contributed by atoms with Crippen molar-refractivity contribution in [3.8, 4) is 0 Å². The van der Waals surface area contributed by atoms with Crippen molar-refractivity contribution in [3.63, 3.8) is 0 Å². The monoisotopic (exact) mass is 364 g/mol. The molecule has 2 heterocycles. The third kappa shape index (κ3) is 4.22. The summed E-state index contributed by atoms with van der Waals surface area (Å²) in [6.07, 6.45) is 1.10. The maximum Gasteiger partial charge on any atom is 0.239 e. The zero-order valence-corrected chi connectivity index (χ0v) is 15.2. The topological polar surface area (TPSA) is 67.9 Å². The molecule has 26 heavy (non-hydrogen) atoms. The minimum absolute atomic E-state index is 0.151. The van der Waals surface area contributed by atoms with E-state index in [2.05, 4.69) is 5.32 Å². The van der Waals surface area contributed by atoms with Gasteiger partial charge in [-0.05, 0) is 37.5 Å². The maximum absolute atomic E-state index is 13.4. The molecule has 3 rings (SSSR count). The van der Waals surface area contributed by atoms with Crippen LogP contribution in [0.5, 0.6) is 0 Å². The SMILES string of the molecule is CC(CNC(=O)C1CCN(c2cccc(F)c2)C1=O)CC1(C)OCCO1. The number of hydrogen-bond donors (Lipinski definition) is 1. The van der Waals surface area contributed by atoms with Gasteiger partial charge in [-0.25, -0.2) is 4.39 Å². The van der Waals surface area contributed by atoms with Crippen LogP contribution in [0.2, 0.25) is 0 Å². The van der Waals surface area contributed by atoms with Crippen molar-refractivity contribution in [1.29, 1.82) is 0 Å². The number of halogens is 1. The first-order chi connectivity index (χ1) is 12.4. The highest BCUT2D eigenvalue weighted by molar-refractivity contribution is 6.09. The summed E-state index contributed by atoms with van der Waals surface area (Å²) in [7, 11) is 0. The standard InChI is InChI=1S/C19H25FN2O4/c1-13(11-19(2)25-8-9-26-19)12-21-17(23)16-6-7-22(18(16)24)15-5-3-4-14(20)10-15/h3-5,10,13,16H,6-9,11-12H2,1-2H3,(H,21,23). The van der Waals surface area contributed by atoms with Crippen LogP contribution in [0, 0.1) is 17.7 Å².